The predicted octanol–water partition coefficient (Wildman–Crippen LogP) is 2.49. The molecule has 8 heteroatoms. The molecule has 1 aromatic carbocycles. The molecule has 1 aliphatic rings. The largest absolute Gasteiger partial charge is 0.459 e. The van der Waals surface area contributed by atoms with Crippen LogP contribution in [-0.4, -0.2) is 50.3 Å². The number of nitrogens with one attached hydrogen (secondary N) is 1. The van der Waals surface area contributed by atoms with Gasteiger partial charge in [0.2, 0.25) is 0 Å². The normalized spacial score (nSPS) is 14.8. The molecule has 1 N–H and O–H groups in total. The summed E-state index contributed by atoms with van der Waals surface area (Å²) in [6, 6.07) is 9.56. The number of morpholine rings is 1. The van der Waals surface area contributed by atoms with Gasteiger partial charge in [0, 0.05) is 23.9 Å². The third-order valence-corrected chi connectivity index (χ3v) is 5.82. The summed E-state index contributed by atoms with van der Waals surface area (Å²) in [6.45, 7) is 5.10. The predicted molar refractivity (Wildman–Crippen MR) is 109 cm³/mol. The van der Waals surface area contributed by atoms with Gasteiger partial charge in [-0.3, -0.25) is 9.69 Å². The third kappa shape index (κ3) is 4.90. The van der Waals surface area contributed by atoms with Gasteiger partial charge in [0.1, 0.15) is 18.9 Å². The molecule has 152 valence electrons. The van der Waals surface area contributed by atoms with Crippen molar-refractivity contribution in [2.45, 2.75) is 6.42 Å². The molecule has 0 bridgehead atoms. The molecule has 0 spiro atoms. The molecular formula is C21H23FN3O3S+. The van der Waals surface area contributed by atoms with Crippen LogP contribution in [-0.2, 0) is 4.74 Å². The van der Waals surface area contributed by atoms with Gasteiger partial charge in [0.25, 0.3) is 5.91 Å². The van der Waals surface area contributed by atoms with E-state index < -0.39 is 0 Å². The minimum Gasteiger partial charge on any atom is -0.459 e. The Morgan fingerprint density at radius 3 is 2.72 bits per heavy atom. The van der Waals surface area contributed by atoms with Crippen LogP contribution in [0.15, 0.2) is 52.5 Å². The van der Waals surface area contributed by atoms with Gasteiger partial charge in [-0.15, -0.1) is 11.3 Å². The summed E-state index contributed by atoms with van der Waals surface area (Å²) in [5.74, 6) is -0.196. The van der Waals surface area contributed by atoms with Crippen LogP contribution in [0.3, 0.4) is 0 Å². The lowest BCUT2D eigenvalue weighted by Gasteiger charge is -2.25. The maximum absolute atomic E-state index is 13.2. The first-order valence-electron chi connectivity index (χ1n) is 9.69. The Kier molecular flexibility index (Phi) is 6.33. The fourth-order valence-corrected chi connectivity index (χ4v) is 4.21. The molecule has 29 heavy (non-hydrogen) atoms. The van der Waals surface area contributed by atoms with Crippen molar-refractivity contribution in [1.82, 2.24) is 4.98 Å². The molecule has 3 heterocycles. The summed E-state index contributed by atoms with van der Waals surface area (Å²) in [7, 11) is 0. The molecular weight excluding hydrogens is 393 g/mol. The molecule has 3 aromatic rings. The second-order valence-electron chi connectivity index (χ2n) is 6.92. The number of ether oxygens (including phenoxy) is 1. The fourth-order valence-electron chi connectivity index (χ4n) is 3.36. The van der Waals surface area contributed by atoms with Crippen LogP contribution < -0.4 is 9.80 Å². The summed E-state index contributed by atoms with van der Waals surface area (Å²) < 4.78 is 23.9. The zero-order valence-electron chi connectivity index (χ0n) is 16.0. The number of rotatable bonds is 7. The Bertz CT molecular complexity index is 921. The molecule has 0 radical (unpaired) electrons. The number of hydrogen-bond donors (Lipinski definition) is 1. The molecule has 2 aromatic heterocycles. The van der Waals surface area contributed by atoms with Crippen molar-refractivity contribution >= 4 is 22.4 Å². The number of carbonyl (C=O) groups is 1. The van der Waals surface area contributed by atoms with Crippen LogP contribution >= 0.6 is 11.3 Å². The van der Waals surface area contributed by atoms with Crippen LogP contribution in [0.25, 0.3) is 11.3 Å². The first kappa shape index (κ1) is 19.8. The van der Waals surface area contributed by atoms with E-state index in [-0.39, 0.29) is 11.7 Å². The monoisotopic (exact) mass is 416 g/mol. The number of benzene rings is 1. The smallest absolute Gasteiger partial charge is 0.295 e. The van der Waals surface area contributed by atoms with Crippen LogP contribution in [0.2, 0.25) is 0 Å². The third-order valence-electron chi connectivity index (χ3n) is 4.95. The number of anilines is 1. The van der Waals surface area contributed by atoms with Crippen LogP contribution in [0.5, 0.6) is 0 Å². The van der Waals surface area contributed by atoms with E-state index in [1.807, 2.05) is 5.38 Å². The summed E-state index contributed by atoms with van der Waals surface area (Å²) in [6.07, 6.45) is 2.35. The number of carbonyl (C=O) groups excluding carboxylic acids is 1. The fraction of sp³-hybridized carbons (Fsp3) is 0.333. The molecule has 6 nitrogen and oxygen atoms in total. The number of amides is 1. The van der Waals surface area contributed by atoms with Gasteiger partial charge in [-0.05, 0) is 36.4 Å². The number of thiazole rings is 1. The molecule has 0 aliphatic carbocycles. The van der Waals surface area contributed by atoms with E-state index in [0.29, 0.717) is 17.4 Å². The Hall–Kier alpha value is -2.55. The van der Waals surface area contributed by atoms with Crippen LogP contribution in [0, 0.1) is 5.82 Å². The minimum atomic E-state index is -0.288. The molecule has 0 unspecified atom stereocenters. The number of halogens is 1. The molecule has 4 rings (SSSR count). The second kappa shape index (κ2) is 9.30. The van der Waals surface area contributed by atoms with Crippen molar-refractivity contribution < 1.29 is 23.2 Å². The van der Waals surface area contributed by atoms with E-state index in [9.17, 15) is 9.18 Å². The van der Waals surface area contributed by atoms with E-state index in [4.69, 9.17) is 9.15 Å². The molecule has 1 amide bonds. The van der Waals surface area contributed by atoms with Gasteiger partial charge in [-0.1, -0.05) is 0 Å². The van der Waals surface area contributed by atoms with Crippen molar-refractivity contribution in [3.63, 3.8) is 0 Å². The topological polar surface area (TPSA) is 60.0 Å². The van der Waals surface area contributed by atoms with Gasteiger partial charge in [-0.25, -0.2) is 9.37 Å². The second-order valence-corrected chi connectivity index (χ2v) is 7.76. The lowest BCUT2D eigenvalue weighted by molar-refractivity contribution is -0.908. The lowest BCUT2D eigenvalue weighted by atomic mass is 10.2. The van der Waals surface area contributed by atoms with Gasteiger partial charge >= 0.3 is 0 Å². The highest BCUT2D eigenvalue weighted by Crippen LogP contribution is 2.28. The number of quaternary nitrogens is 1. The molecule has 0 atom stereocenters. The molecule has 1 aliphatic heterocycles. The van der Waals surface area contributed by atoms with Gasteiger partial charge in [-0.2, -0.15) is 0 Å². The van der Waals surface area contributed by atoms with Crippen molar-refractivity contribution in [3.05, 3.63) is 59.6 Å². The van der Waals surface area contributed by atoms with E-state index >= 15 is 0 Å². The summed E-state index contributed by atoms with van der Waals surface area (Å²) in [5.41, 5.74) is 1.54. The van der Waals surface area contributed by atoms with Gasteiger partial charge in [0.15, 0.2) is 10.9 Å². The van der Waals surface area contributed by atoms with Crippen molar-refractivity contribution in [3.8, 4) is 11.3 Å². The number of hydrogen-bond acceptors (Lipinski definition) is 5. The van der Waals surface area contributed by atoms with Crippen molar-refractivity contribution in [2.75, 3.05) is 44.3 Å². The summed E-state index contributed by atoms with van der Waals surface area (Å²) in [5, 5.41) is 2.50. The Balaban J connectivity index is 1.50. The number of nitrogens with zero attached hydrogens (tertiary/aromatic N) is 2. The van der Waals surface area contributed by atoms with E-state index in [0.717, 1.165) is 50.5 Å². The molecule has 0 saturated carbocycles. The zero-order chi connectivity index (χ0) is 20.1. The maximum atomic E-state index is 13.2. The minimum absolute atomic E-state index is 0.202. The van der Waals surface area contributed by atoms with Crippen LogP contribution in [0.4, 0.5) is 9.52 Å². The van der Waals surface area contributed by atoms with E-state index in [1.54, 1.807) is 29.2 Å². The quantitative estimate of drug-likeness (QED) is 0.643. The average Bonchev–Trinajstić information content (AvgIpc) is 3.45. The first-order chi connectivity index (χ1) is 14.2. The lowest BCUT2D eigenvalue weighted by Crippen LogP contribution is -3.14. The highest BCUT2D eigenvalue weighted by molar-refractivity contribution is 7.14. The first-order valence-corrected chi connectivity index (χ1v) is 10.6. The molecule has 1 saturated heterocycles. The molecule has 1 fully saturated rings. The zero-order valence-corrected chi connectivity index (χ0v) is 16.8. The SMILES string of the molecule is O=C(c1ccco1)N(CCC[NH+]1CCOCC1)c1nc(-c2ccc(F)cc2)cs1. The van der Waals surface area contributed by atoms with Gasteiger partial charge in [0.05, 0.1) is 31.7 Å². The maximum Gasteiger partial charge on any atom is 0.295 e. The van der Waals surface area contributed by atoms with Gasteiger partial charge < -0.3 is 14.1 Å². The van der Waals surface area contributed by atoms with E-state index in [2.05, 4.69) is 4.98 Å². The Morgan fingerprint density at radius 2 is 2.00 bits per heavy atom. The standard InChI is InChI=1S/C21H22FN3O3S/c22-17-6-4-16(5-7-17)18-15-29-21(23-18)25(20(26)19-3-1-12-28-19)9-2-8-24-10-13-27-14-11-24/h1,3-7,12,15H,2,8-11,13-14H2/p+1. The summed E-state index contributed by atoms with van der Waals surface area (Å²) >= 11 is 1.40. The van der Waals surface area contributed by atoms with E-state index in [1.165, 1.54) is 34.6 Å². The highest BCUT2D eigenvalue weighted by atomic mass is 32.1. The Labute approximate surface area is 172 Å². The highest BCUT2D eigenvalue weighted by Gasteiger charge is 2.24. The average molecular weight is 416 g/mol. The summed E-state index contributed by atoms with van der Waals surface area (Å²) in [4.78, 5) is 20.8. The Morgan fingerprint density at radius 1 is 1.21 bits per heavy atom. The number of furan rings is 1. The van der Waals surface area contributed by atoms with Crippen molar-refractivity contribution in [1.29, 1.82) is 0 Å². The van der Waals surface area contributed by atoms with Crippen LogP contribution in [0.1, 0.15) is 17.0 Å². The van der Waals surface area contributed by atoms with Crippen molar-refractivity contribution in [2.24, 2.45) is 0 Å². The number of aromatic nitrogens is 1.